The molecule has 1 aliphatic rings. The van der Waals surface area contributed by atoms with E-state index in [-0.39, 0.29) is 17.7 Å². The van der Waals surface area contributed by atoms with Gasteiger partial charge in [-0.3, -0.25) is 10.1 Å². The van der Waals surface area contributed by atoms with Crippen LogP contribution in [0, 0.1) is 0 Å². The lowest BCUT2D eigenvalue weighted by Crippen LogP contribution is -2.30. The first-order valence-corrected chi connectivity index (χ1v) is 4.93. The number of likely N-dealkylation sites (N-methyl/N-ethyl adjacent to an activating group) is 1. The number of rotatable bonds is 2. The highest BCUT2D eigenvalue weighted by Gasteiger charge is 2.27. The Morgan fingerprint density at radius 2 is 2.13 bits per heavy atom. The van der Waals surface area contributed by atoms with Crippen molar-refractivity contribution < 1.29 is 9.90 Å². The standard InChI is InChI=1S/C11H14N2O2/c1-13-7-12-10(11(13)15)6-8-2-4-9(14)5-3-8/h2-5,10,12,14H,6-7H2,1H3/t10-/m0/s1. The fraction of sp³-hybridized carbons (Fsp3) is 0.364. The Kier molecular flexibility index (Phi) is 2.60. The highest BCUT2D eigenvalue weighted by Crippen LogP contribution is 2.13. The molecule has 80 valence electrons. The Hall–Kier alpha value is -1.55. The molecule has 2 N–H and O–H groups in total. The van der Waals surface area contributed by atoms with Gasteiger partial charge < -0.3 is 10.0 Å². The molecule has 1 fully saturated rings. The van der Waals surface area contributed by atoms with Gasteiger partial charge in [0.1, 0.15) is 5.75 Å². The Morgan fingerprint density at radius 3 is 2.67 bits per heavy atom. The number of carbonyl (C=O) groups excluding carboxylic acids is 1. The molecule has 0 bridgehead atoms. The molecule has 2 rings (SSSR count). The van der Waals surface area contributed by atoms with E-state index < -0.39 is 0 Å². The second-order valence-corrected chi connectivity index (χ2v) is 3.82. The lowest BCUT2D eigenvalue weighted by Gasteiger charge is -2.09. The largest absolute Gasteiger partial charge is 0.508 e. The summed E-state index contributed by atoms with van der Waals surface area (Å²) in [6, 6.07) is 6.82. The smallest absolute Gasteiger partial charge is 0.240 e. The molecule has 1 aliphatic heterocycles. The van der Waals surface area contributed by atoms with Gasteiger partial charge in [-0.25, -0.2) is 0 Å². The fourth-order valence-corrected chi connectivity index (χ4v) is 1.71. The van der Waals surface area contributed by atoms with Gasteiger partial charge in [-0.05, 0) is 24.1 Å². The van der Waals surface area contributed by atoms with E-state index in [0.717, 1.165) is 5.56 Å². The summed E-state index contributed by atoms with van der Waals surface area (Å²) in [5, 5.41) is 12.3. The van der Waals surface area contributed by atoms with Crippen LogP contribution in [0.15, 0.2) is 24.3 Å². The van der Waals surface area contributed by atoms with Crippen molar-refractivity contribution in [3.8, 4) is 5.75 Å². The van der Waals surface area contributed by atoms with Gasteiger partial charge in [-0.1, -0.05) is 12.1 Å². The number of amides is 1. The van der Waals surface area contributed by atoms with Gasteiger partial charge in [0, 0.05) is 7.05 Å². The van der Waals surface area contributed by atoms with Gasteiger partial charge in [0.2, 0.25) is 5.91 Å². The average molecular weight is 206 g/mol. The molecular formula is C11H14N2O2. The normalized spacial score (nSPS) is 21.0. The van der Waals surface area contributed by atoms with Crippen LogP contribution in [-0.4, -0.2) is 35.7 Å². The zero-order valence-electron chi connectivity index (χ0n) is 8.60. The summed E-state index contributed by atoms with van der Waals surface area (Å²) in [4.78, 5) is 13.3. The maximum absolute atomic E-state index is 11.6. The molecule has 0 radical (unpaired) electrons. The van der Waals surface area contributed by atoms with Crippen molar-refractivity contribution in [2.45, 2.75) is 12.5 Å². The summed E-state index contributed by atoms with van der Waals surface area (Å²) in [5.41, 5.74) is 1.05. The highest BCUT2D eigenvalue weighted by atomic mass is 16.3. The van der Waals surface area contributed by atoms with Crippen molar-refractivity contribution >= 4 is 5.91 Å². The topological polar surface area (TPSA) is 52.6 Å². The van der Waals surface area contributed by atoms with Crippen LogP contribution in [0.1, 0.15) is 5.56 Å². The molecule has 4 heteroatoms. The van der Waals surface area contributed by atoms with E-state index in [9.17, 15) is 4.79 Å². The van der Waals surface area contributed by atoms with Crippen LogP contribution in [-0.2, 0) is 11.2 Å². The van der Waals surface area contributed by atoms with Crippen LogP contribution in [0.3, 0.4) is 0 Å². The molecular weight excluding hydrogens is 192 g/mol. The minimum atomic E-state index is -0.125. The van der Waals surface area contributed by atoms with Gasteiger partial charge in [-0.2, -0.15) is 0 Å². The number of carbonyl (C=O) groups is 1. The summed E-state index contributed by atoms with van der Waals surface area (Å²) in [7, 11) is 1.78. The Balaban J connectivity index is 2.03. The summed E-state index contributed by atoms with van der Waals surface area (Å²) >= 11 is 0. The van der Waals surface area contributed by atoms with Crippen molar-refractivity contribution in [1.82, 2.24) is 10.2 Å². The van der Waals surface area contributed by atoms with E-state index >= 15 is 0 Å². The van der Waals surface area contributed by atoms with E-state index in [4.69, 9.17) is 5.11 Å². The number of aromatic hydroxyl groups is 1. The molecule has 0 saturated carbocycles. The molecule has 0 aliphatic carbocycles. The first kappa shape index (κ1) is 9.98. The SMILES string of the molecule is CN1CN[C@@H](Cc2ccc(O)cc2)C1=O. The van der Waals surface area contributed by atoms with Crippen LogP contribution >= 0.6 is 0 Å². The van der Waals surface area contributed by atoms with Crippen LogP contribution in [0.25, 0.3) is 0 Å². The van der Waals surface area contributed by atoms with Crippen LogP contribution in [0.2, 0.25) is 0 Å². The quantitative estimate of drug-likeness (QED) is 0.733. The molecule has 1 atom stereocenters. The third-order valence-corrected chi connectivity index (χ3v) is 2.63. The van der Waals surface area contributed by atoms with Crippen molar-refractivity contribution in [3.05, 3.63) is 29.8 Å². The van der Waals surface area contributed by atoms with Gasteiger partial charge >= 0.3 is 0 Å². The fourth-order valence-electron chi connectivity index (χ4n) is 1.71. The highest BCUT2D eigenvalue weighted by molar-refractivity contribution is 5.83. The molecule has 0 unspecified atom stereocenters. The monoisotopic (exact) mass is 206 g/mol. The van der Waals surface area contributed by atoms with E-state index in [2.05, 4.69) is 5.32 Å². The lowest BCUT2D eigenvalue weighted by atomic mass is 10.1. The van der Waals surface area contributed by atoms with Crippen molar-refractivity contribution in [2.75, 3.05) is 13.7 Å². The molecule has 1 aromatic rings. The van der Waals surface area contributed by atoms with Gasteiger partial charge in [0.25, 0.3) is 0 Å². The second-order valence-electron chi connectivity index (χ2n) is 3.82. The number of benzene rings is 1. The molecule has 1 saturated heterocycles. The Labute approximate surface area is 88.5 Å². The maximum atomic E-state index is 11.6. The minimum absolute atomic E-state index is 0.125. The predicted octanol–water partition coefficient (Wildman–Crippen LogP) is 0.322. The average Bonchev–Trinajstić information content (AvgIpc) is 2.53. The van der Waals surface area contributed by atoms with E-state index in [1.165, 1.54) is 0 Å². The number of phenolic OH excluding ortho intramolecular Hbond substituents is 1. The van der Waals surface area contributed by atoms with Gasteiger partial charge in [0.15, 0.2) is 0 Å². The zero-order valence-corrected chi connectivity index (χ0v) is 8.60. The van der Waals surface area contributed by atoms with Gasteiger partial charge in [-0.15, -0.1) is 0 Å². The molecule has 0 aromatic heterocycles. The Morgan fingerprint density at radius 1 is 1.47 bits per heavy atom. The van der Waals surface area contributed by atoms with Crippen molar-refractivity contribution in [1.29, 1.82) is 0 Å². The van der Waals surface area contributed by atoms with Crippen molar-refractivity contribution in [3.63, 3.8) is 0 Å². The summed E-state index contributed by atoms with van der Waals surface area (Å²) in [6.07, 6.45) is 0.670. The van der Waals surface area contributed by atoms with Gasteiger partial charge in [0.05, 0.1) is 12.7 Å². The van der Waals surface area contributed by atoms with E-state index in [1.807, 2.05) is 12.1 Å². The molecule has 1 amide bonds. The zero-order chi connectivity index (χ0) is 10.8. The molecule has 15 heavy (non-hydrogen) atoms. The third kappa shape index (κ3) is 2.10. The van der Waals surface area contributed by atoms with E-state index in [0.29, 0.717) is 13.1 Å². The number of nitrogens with one attached hydrogen (secondary N) is 1. The third-order valence-electron chi connectivity index (χ3n) is 2.63. The molecule has 1 heterocycles. The summed E-state index contributed by atoms with van der Waals surface area (Å²) < 4.78 is 0. The Bertz CT molecular complexity index is 361. The first-order valence-electron chi connectivity index (χ1n) is 4.93. The van der Waals surface area contributed by atoms with E-state index in [1.54, 1.807) is 24.1 Å². The van der Waals surface area contributed by atoms with Crippen LogP contribution in [0.4, 0.5) is 0 Å². The first-order chi connectivity index (χ1) is 7.16. The molecule has 0 spiro atoms. The predicted molar refractivity (Wildman–Crippen MR) is 56.4 cm³/mol. The molecule has 4 nitrogen and oxygen atoms in total. The maximum Gasteiger partial charge on any atom is 0.240 e. The minimum Gasteiger partial charge on any atom is -0.508 e. The molecule has 1 aromatic carbocycles. The number of phenols is 1. The number of nitrogens with zero attached hydrogens (tertiary/aromatic N) is 1. The second kappa shape index (κ2) is 3.90. The van der Waals surface area contributed by atoms with Crippen LogP contribution in [0.5, 0.6) is 5.75 Å². The summed E-state index contributed by atoms with van der Waals surface area (Å²) in [6.45, 7) is 0.613. The number of hydrogen-bond donors (Lipinski definition) is 2. The van der Waals surface area contributed by atoms with Crippen molar-refractivity contribution in [2.24, 2.45) is 0 Å². The van der Waals surface area contributed by atoms with Crippen LogP contribution < -0.4 is 5.32 Å². The summed E-state index contributed by atoms with van der Waals surface area (Å²) in [5.74, 6) is 0.379. The lowest BCUT2D eigenvalue weighted by molar-refractivity contribution is -0.127. The number of hydrogen-bond acceptors (Lipinski definition) is 3.